The first-order chi connectivity index (χ1) is 15.3. The molecule has 0 atom stereocenters. The number of anilines is 1. The molecule has 0 spiro atoms. The number of imidazole rings is 1. The minimum Gasteiger partial charge on any atom is -0.495 e. The van der Waals surface area contributed by atoms with E-state index in [1.165, 1.54) is 4.57 Å². The Morgan fingerprint density at radius 1 is 1.22 bits per heavy atom. The van der Waals surface area contributed by atoms with Gasteiger partial charge in [0, 0.05) is 25.9 Å². The molecule has 9 nitrogen and oxygen atoms in total. The van der Waals surface area contributed by atoms with Crippen LogP contribution in [0.15, 0.2) is 33.9 Å². The summed E-state index contributed by atoms with van der Waals surface area (Å²) in [7, 11) is 1.55. The topological polar surface area (TPSA) is 111 Å². The number of hydrogen-bond acceptors (Lipinski definition) is 5. The van der Waals surface area contributed by atoms with Crippen molar-refractivity contribution in [3.63, 3.8) is 0 Å². The number of nitrogens with one attached hydrogen (secondary N) is 2. The summed E-state index contributed by atoms with van der Waals surface area (Å²) in [5.74, 6) is 1.27. The van der Waals surface area contributed by atoms with Gasteiger partial charge in [0.15, 0.2) is 11.2 Å². The predicted molar refractivity (Wildman–Crippen MR) is 124 cm³/mol. The molecular formula is C23H31N5O4. The maximum Gasteiger partial charge on any atom is 0.330 e. The van der Waals surface area contributed by atoms with Crippen LogP contribution < -0.4 is 21.3 Å². The molecule has 0 aliphatic carbocycles. The number of para-hydroxylation sites is 2. The molecule has 0 saturated heterocycles. The van der Waals surface area contributed by atoms with Gasteiger partial charge in [0.1, 0.15) is 11.6 Å². The van der Waals surface area contributed by atoms with E-state index < -0.39 is 11.2 Å². The Morgan fingerprint density at radius 2 is 1.97 bits per heavy atom. The lowest BCUT2D eigenvalue weighted by molar-refractivity contribution is -0.116. The highest BCUT2D eigenvalue weighted by molar-refractivity contribution is 5.92. The average molecular weight is 442 g/mol. The number of amides is 1. The fraction of sp³-hybridized carbons (Fsp3) is 0.478. The second-order valence-corrected chi connectivity index (χ2v) is 8.22. The zero-order chi connectivity index (χ0) is 23.3. The minimum atomic E-state index is -0.453. The first-order valence-corrected chi connectivity index (χ1v) is 11.0. The van der Waals surface area contributed by atoms with Gasteiger partial charge in [0.05, 0.1) is 12.8 Å². The van der Waals surface area contributed by atoms with E-state index in [4.69, 9.17) is 4.74 Å². The van der Waals surface area contributed by atoms with E-state index in [0.717, 1.165) is 12.8 Å². The third kappa shape index (κ3) is 5.09. The summed E-state index contributed by atoms with van der Waals surface area (Å²) in [6, 6.07) is 7.20. The van der Waals surface area contributed by atoms with E-state index in [-0.39, 0.29) is 18.2 Å². The molecule has 32 heavy (non-hydrogen) atoms. The second-order valence-electron chi connectivity index (χ2n) is 8.22. The quantitative estimate of drug-likeness (QED) is 0.503. The number of ether oxygens (including phenoxy) is 1. The van der Waals surface area contributed by atoms with Crippen LogP contribution in [-0.2, 0) is 24.3 Å². The van der Waals surface area contributed by atoms with Crippen LogP contribution >= 0.6 is 0 Å². The molecule has 2 heterocycles. The summed E-state index contributed by atoms with van der Waals surface area (Å²) in [6.45, 7) is 7.18. The number of aryl methyl sites for hydroxylation is 2. The van der Waals surface area contributed by atoms with Gasteiger partial charge in [-0.1, -0.05) is 39.3 Å². The predicted octanol–water partition coefficient (Wildman–Crippen LogP) is 2.92. The highest BCUT2D eigenvalue weighted by atomic mass is 16.5. The average Bonchev–Trinajstić information content (AvgIpc) is 3.10. The fourth-order valence-corrected chi connectivity index (χ4v) is 3.68. The number of H-pyrrole nitrogens is 1. The molecular weight excluding hydrogens is 410 g/mol. The van der Waals surface area contributed by atoms with Gasteiger partial charge in [-0.15, -0.1) is 0 Å². The minimum absolute atomic E-state index is 0.177. The maximum absolute atomic E-state index is 12.7. The number of aromatic amines is 1. The van der Waals surface area contributed by atoms with Crippen LogP contribution in [0.4, 0.5) is 5.69 Å². The Labute approximate surface area is 186 Å². The van der Waals surface area contributed by atoms with E-state index in [1.54, 1.807) is 19.2 Å². The van der Waals surface area contributed by atoms with Crippen molar-refractivity contribution < 1.29 is 9.53 Å². The number of benzene rings is 1. The number of fused-ring (bicyclic) bond motifs is 1. The summed E-state index contributed by atoms with van der Waals surface area (Å²) in [5, 5.41) is 2.86. The lowest BCUT2D eigenvalue weighted by Gasteiger charge is -2.12. The Kier molecular flexibility index (Phi) is 7.50. The summed E-state index contributed by atoms with van der Waals surface area (Å²) >= 11 is 0. The Bertz CT molecular complexity index is 1210. The van der Waals surface area contributed by atoms with Crippen LogP contribution in [0.1, 0.15) is 45.9 Å². The van der Waals surface area contributed by atoms with E-state index in [9.17, 15) is 14.4 Å². The lowest BCUT2D eigenvalue weighted by Crippen LogP contribution is -2.31. The molecule has 0 unspecified atom stereocenters. The van der Waals surface area contributed by atoms with Crippen molar-refractivity contribution in [3.05, 3.63) is 50.9 Å². The molecule has 9 heteroatoms. The fourth-order valence-electron chi connectivity index (χ4n) is 3.68. The van der Waals surface area contributed by atoms with Gasteiger partial charge in [-0.3, -0.25) is 19.1 Å². The van der Waals surface area contributed by atoms with Gasteiger partial charge in [-0.05, 0) is 24.5 Å². The molecule has 0 bridgehead atoms. The number of nitrogens with zero attached hydrogens (tertiary/aromatic N) is 3. The normalized spacial score (nSPS) is 11.3. The standard InChI is InChI=1S/C23H31N5O4/c1-5-6-13-27-21-20(22(30)26-23(27)31)28(14-15(2)3)18(25-21)11-12-19(29)24-16-9-7-8-10-17(16)32-4/h7-10,15H,5-6,11-14H2,1-4H3,(H,24,29)(H,26,30,31). The van der Waals surface area contributed by atoms with E-state index in [1.807, 2.05) is 37.5 Å². The number of aromatic nitrogens is 4. The molecule has 2 aromatic heterocycles. The van der Waals surface area contributed by atoms with Gasteiger partial charge in [-0.2, -0.15) is 0 Å². The van der Waals surface area contributed by atoms with Crippen LogP contribution in [0.3, 0.4) is 0 Å². The van der Waals surface area contributed by atoms with Crippen molar-refractivity contribution in [2.24, 2.45) is 5.92 Å². The van der Waals surface area contributed by atoms with Crippen molar-refractivity contribution in [1.82, 2.24) is 19.1 Å². The number of carbonyl (C=O) groups excluding carboxylic acids is 1. The number of methoxy groups -OCH3 is 1. The zero-order valence-electron chi connectivity index (χ0n) is 19.1. The molecule has 0 saturated carbocycles. The van der Waals surface area contributed by atoms with Crippen LogP contribution in [-0.4, -0.2) is 32.1 Å². The second kappa shape index (κ2) is 10.3. The van der Waals surface area contributed by atoms with Crippen molar-refractivity contribution in [1.29, 1.82) is 0 Å². The Balaban J connectivity index is 1.92. The highest BCUT2D eigenvalue weighted by Crippen LogP contribution is 2.23. The number of hydrogen-bond donors (Lipinski definition) is 2. The molecule has 3 rings (SSSR count). The monoisotopic (exact) mass is 441 g/mol. The summed E-state index contributed by atoms with van der Waals surface area (Å²) < 4.78 is 8.65. The van der Waals surface area contributed by atoms with E-state index >= 15 is 0 Å². The third-order valence-corrected chi connectivity index (χ3v) is 5.20. The zero-order valence-corrected chi connectivity index (χ0v) is 19.1. The van der Waals surface area contributed by atoms with E-state index in [0.29, 0.717) is 47.9 Å². The van der Waals surface area contributed by atoms with Crippen LogP contribution in [0, 0.1) is 5.92 Å². The maximum atomic E-state index is 12.7. The Morgan fingerprint density at radius 3 is 2.66 bits per heavy atom. The van der Waals surface area contributed by atoms with Gasteiger partial charge < -0.3 is 14.6 Å². The van der Waals surface area contributed by atoms with Crippen molar-refractivity contribution in [2.75, 3.05) is 12.4 Å². The Hall–Kier alpha value is -3.36. The molecule has 0 fully saturated rings. The highest BCUT2D eigenvalue weighted by Gasteiger charge is 2.20. The van der Waals surface area contributed by atoms with Crippen LogP contribution in [0.5, 0.6) is 5.75 Å². The van der Waals surface area contributed by atoms with Gasteiger partial charge >= 0.3 is 5.69 Å². The van der Waals surface area contributed by atoms with Gasteiger partial charge in [0.2, 0.25) is 5.91 Å². The summed E-state index contributed by atoms with van der Waals surface area (Å²) in [4.78, 5) is 44.8. The smallest absolute Gasteiger partial charge is 0.330 e. The van der Waals surface area contributed by atoms with Crippen molar-refractivity contribution >= 4 is 22.8 Å². The molecule has 1 amide bonds. The number of unbranched alkanes of at least 4 members (excludes halogenated alkanes) is 1. The molecule has 1 aromatic carbocycles. The van der Waals surface area contributed by atoms with Crippen molar-refractivity contribution in [2.45, 2.75) is 59.5 Å². The third-order valence-electron chi connectivity index (χ3n) is 5.20. The summed E-state index contributed by atoms with van der Waals surface area (Å²) in [5.41, 5.74) is 0.462. The molecule has 0 aliphatic rings. The van der Waals surface area contributed by atoms with Crippen LogP contribution in [0.25, 0.3) is 11.2 Å². The van der Waals surface area contributed by atoms with Gasteiger partial charge in [-0.25, -0.2) is 9.78 Å². The summed E-state index contributed by atoms with van der Waals surface area (Å²) in [6.07, 6.45) is 2.23. The van der Waals surface area contributed by atoms with Gasteiger partial charge in [0.25, 0.3) is 5.56 Å². The first kappa shape index (κ1) is 23.3. The molecule has 0 radical (unpaired) electrons. The SMILES string of the molecule is CCCCn1c(=O)[nH]c(=O)c2c1nc(CCC(=O)Nc1ccccc1OC)n2CC(C)C. The number of rotatable bonds is 10. The lowest BCUT2D eigenvalue weighted by atomic mass is 10.2. The van der Waals surface area contributed by atoms with Crippen molar-refractivity contribution in [3.8, 4) is 5.75 Å². The van der Waals surface area contributed by atoms with E-state index in [2.05, 4.69) is 15.3 Å². The number of carbonyl (C=O) groups is 1. The molecule has 3 aromatic rings. The molecule has 0 aliphatic heterocycles. The molecule has 172 valence electrons. The van der Waals surface area contributed by atoms with Crippen LogP contribution in [0.2, 0.25) is 0 Å². The first-order valence-electron chi connectivity index (χ1n) is 11.0. The molecule has 2 N–H and O–H groups in total. The largest absolute Gasteiger partial charge is 0.495 e.